The van der Waals surface area contributed by atoms with Crippen LogP contribution in [0.2, 0.25) is 0 Å². The van der Waals surface area contributed by atoms with E-state index in [0.29, 0.717) is 22.6 Å². The van der Waals surface area contributed by atoms with Gasteiger partial charge in [0.2, 0.25) is 5.95 Å². The summed E-state index contributed by atoms with van der Waals surface area (Å²) in [5, 5.41) is 20.5. The quantitative estimate of drug-likeness (QED) is 0.500. The zero-order valence-electron chi connectivity index (χ0n) is 15.7. The molecular formula is C21H17N7S. The van der Waals surface area contributed by atoms with Crippen molar-refractivity contribution in [3.05, 3.63) is 59.7 Å². The van der Waals surface area contributed by atoms with Crippen LogP contribution in [0.4, 0.5) is 11.1 Å². The van der Waals surface area contributed by atoms with E-state index < -0.39 is 0 Å². The first-order chi connectivity index (χ1) is 14.2. The van der Waals surface area contributed by atoms with Crippen molar-refractivity contribution >= 4 is 22.4 Å². The third-order valence-electron chi connectivity index (χ3n) is 4.74. The Labute approximate surface area is 171 Å². The van der Waals surface area contributed by atoms with Gasteiger partial charge in [0.25, 0.3) is 0 Å². The fourth-order valence-corrected chi connectivity index (χ4v) is 4.13. The number of nitrogens with one attached hydrogen (secondary N) is 2. The van der Waals surface area contributed by atoms with Gasteiger partial charge in [-0.25, -0.2) is 4.98 Å². The molecule has 142 valence electrons. The molecule has 0 amide bonds. The van der Waals surface area contributed by atoms with Gasteiger partial charge < -0.3 is 0 Å². The molecule has 0 spiro atoms. The van der Waals surface area contributed by atoms with Crippen molar-refractivity contribution in [2.24, 2.45) is 0 Å². The Morgan fingerprint density at radius 1 is 1.17 bits per heavy atom. The molecule has 5 rings (SSSR count). The van der Waals surface area contributed by atoms with Crippen molar-refractivity contribution in [3.63, 3.8) is 0 Å². The second-order valence-corrected chi connectivity index (χ2v) is 8.02. The van der Waals surface area contributed by atoms with Crippen molar-refractivity contribution in [1.29, 1.82) is 5.26 Å². The van der Waals surface area contributed by atoms with Gasteiger partial charge in [-0.2, -0.15) is 10.2 Å². The Bertz CT molecular complexity index is 1230. The predicted molar refractivity (Wildman–Crippen MR) is 112 cm³/mol. The summed E-state index contributed by atoms with van der Waals surface area (Å²) in [6.07, 6.45) is 4.12. The van der Waals surface area contributed by atoms with E-state index in [1.54, 1.807) is 12.3 Å². The lowest BCUT2D eigenvalue weighted by Gasteiger charge is -2.04. The van der Waals surface area contributed by atoms with E-state index in [-0.39, 0.29) is 0 Å². The molecule has 3 heterocycles. The van der Waals surface area contributed by atoms with Crippen LogP contribution in [0.1, 0.15) is 35.8 Å². The summed E-state index contributed by atoms with van der Waals surface area (Å²) in [7, 11) is 0. The smallest absolute Gasteiger partial charge is 0.248 e. The Hall–Kier alpha value is -3.57. The highest BCUT2D eigenvalue weighted by atomic mass is 32.1. The number of H-pyrrole nitrogens is 1. The average Bonchev–Trinajstić information content (AvgIpc) is 3.34. The highest BCUT2D eigenvalue weighted by Gasteiger charge is 2.27. The SMILES string of the molecule is Cc1cc(-c2sc(Nc3n[nH]c(C4CC4)n3)nc2-c2cccc(C#N)c2)ccn1. The third-order valence-corrected chi connectivity index (χ3v) is 5.76. The molecule has 0 bridgehead atoms. The number of pyridine rings is 1. The number of hydrogen-bond acceptors (Lipinski definition) is 7. The molecule has 1 aromatic carbocycles. The summed E-state index contributed by atoms with van der Waals surface area (Å²) in [5.74, 6) is 1.96. The summed E-state index contributed by atoms with van der Waals surface area (Å²) >= 11 is 1.53. The average molecular weight is 399 g/mol. The Balaban J connectivity index is 1.56. The maximum absolute atomic E-state index is 9.28. The molecule has 0 unspecified atom stereocenters. The van der Waals surface area contributed by atoms with Gasteiger partial charge in [-0.1, -0.05) is 23.5 Å². The molecule has 0 saturated heterocycles. The molecule has 4 aromatic rings. The minimum absolute atomic E-state index is 0.508. The highest BCUT2D eigenvalue weighted by Crippen LogP contribution is 2.41. The Morgan fingerprint density at radius 2 is 2.07 bits per heavy atom. The van der Waals surface area contributed by atoms with Crippen molar-refractivity contribution in [3.8, 4) is 27.8 Å². The van der Waals surface area contributed by atoms with Gasteiger partial charge in [0, 0.05) is 23.4 Å². The van der Waals surface area contributed by atoms with Crippen LogP contribution in [-0.2, 0) is 0 Å². The molecule has 0 aliphatic heterocycles. The minimum atomic E-state index is 0.508. The van der Waals surface area contributed by atoms with Crippen LogP contribution >= 0.6 is 11.3 Å². The zero-order chi connectivity index (χ0) is 19.8. The maximum atomic E-state index is 9.28. The number of rotatable bonds is 5. The van der Waals surface area contributed by atoms with Gasteiger partial charge >= 0.3 is 0 Å². The first-order valence-electron chi connectivity index (χ1n) is 9.33. The molecule has 7 nitrogen and oxygen atoms in total. The highest BCUT2D eigenvalue weighted by molar-refractivity contribution is 7.19. The fourth-order valence-electron chi connectivity index (χ4n) is 3.15. The van der Waals surface area contributed by atoms with Crippen molar-refractivity contribution in [2.75, 3.05) is 5.32 Å². The third kappa shape index (κ3) is 3.60. The Morgan fingerprint density at radius 3 is 2.86 bits per heavy atom. The molecule has 1 saturated carbocycles. The number of nitrogens with zero attached hydrogens (tertiary/aromatic N) is 5. The van der Waals surface area contributed by atoms with Gasteiger partial charge in [-0.15, -0.1) is 5.10 Å². The molecule has 0 atom stereocenters. The van der Waals surface area contributed by atoms with Gasteiger partial charge in [0.1, 0.15) is 5.82 Å². The van der Waals surface area contributed by atoms with E-state index in [9.17, 15) is 5.26 Å². The van der Waals surface area contributed by atoms with Crippen LogP contribution < -0.4 is 5.32 Å². The van der Waals surface area contributed by atoms with Crippen LogP contribution in [0.15, 0.2) is 42.6 Å². The number of anilines is 2. The number of thiazole rings is 1. The van der Waals surface area contributed by atoms with Crippen LogP contribution in [0.3, 0.4) is 0 Å². The molecule has 29 heavy (non-hydrogen) atoms. The molecule has 1 aliphatic carbocycles. The van der Waals surface area contributed by atoms with Crippen LogP contribution in [-0.4, -0.2) is 25.1 Å². The van der Waals surface area contributed by atoms with Crippen molar-refractivity contribution < 1.29 is 0 Å². The lowest BCUT2D eigenvalue weighted by atomic mass is 10.1. The topological polar surface area (TPSA) is 103 Å². The van der Waals surface area contributed by atoms with E-state index in [0.717, 1.165) is 46.1 Å². The summed E-state index contributed by atoms with van der Waals surface area (Å²) < 4.78 is 0. The van der Waals surface area contributed by atoms with Crippen LogP contribution in [0, 0.1) is 18.3 Å². The molecule has 1 fully saturated rings. The number of benzene rings is 1. The number of hydrogen-bond donors (Lipinski definition) is 2. The van der Waals surface area contributed by atoms with E-state index in [1.165, 1.54) is 11.3 Å². The summed E-state index contributed by atoms with van der Waals surface area (Å²) in [6, 6.07) is 13.7. The normalized spacial score (nSPS) is 13.2. The van der Waals surface area contributed by atoms with E-state index in [2.05, 4.69) is 31.6 Å². The second kappa shape index (κ2) is 7.11. The number of aromatic nitrogens is 5. The van der Waals surface area contributed by atoms with Crippen LogP contribution in [0.25, 0.3) is 21.7 Å². The molecule has 2 N–H and O–H groups in total. The van der Waals surface area contributed by atoms with E-state index in [4.69, 9.17) is 4.98 Å². The standard InChI is InChI=1S/C21H17N7S/c1-12-9-16(7-8-23-12)18-17(15-4-2-3-13(10-15)11-22)24-21(29-18)26-20-25-19(27-28-20)14-5-6-14/h2-4,7-10,14H,5-6H2,1H3,(H2,24,25,26,27,28). The molecule has 0 radical (unpaired) electrons. The molecule has 8 heteroatoms. The van der Waals surface area contributed by atoms with Crippen molar-refractivity contribution in [2.45, 2.75) is 25.7 Å². The van der Waals surface area contributed by atoms with Crippen LogP contribution in [0.5, 0.6) is 0 Å². The van der Waals surface area contributed by atoms with Gasteiger partial charge in [0.05, 0.1) is 22.2 Å². The fraction of sp³-hybridized carbons (Fsp3) is 0.190. The Kier molecular flexibility index (Phi) is 4.30. The lowest BCUT2D eigenvalue weighted by molar-refractivity contribution is 0.935. The van der Waals surface area contributed by atoms with Gasteiger partial charge in [-0.05, 0) is 49.6 Å². The first kappa shape index (κ1) is 17.5. The second-order valence-electron chi connectivity index (χ2n) is 7.02. The largest absolute Gasteiger partial charge is 0.299 e. The summed E-state index contributed by atoms with van der Waals surface area (Å²) in [5.41, 5.74) is 4.29. The first-order valence-corrected chi connectivity index (χ1v) is 10.1. The predicted octanol–water partition coefficient (Wildman–Crippen LogP) is 4.79. The molecule has 3 aromatic heterocycles. The maximum Gasteiger partial charge on any atom is 0.248 e. The minimum Gasteiger partial charge on any atom is -0.299 e. The van der Waals surface area contributed by atoms with E-state index in [1.807, 2.05) is 37.3 Å². The molecule has 1 aliphatic rings. The van der Waals surface area contributed by atoms with Gasteiger partial charge in [-0.3, -0.25) is 15.4 Å². The van der Waals surface area contributed by atoms with Gasteiger partial charge in [0.15, 0.2) is 5.13 Å². The molecular weight excluding hydrogens is 382 g/mol. The zero-order valence-corrected chi connectivity index (χ0v) is 16.5. The monoisotopic (exact) mass is 399 g/mol. The summed E-state index contributed by atoms with van der Waals surface area (Å²) in [4.78, 5) is 14.6. The van der Waals surface area contributed by atoms with Crippen molar-refractivity contribution in [1.82, 2.24) is 25.1 Å². The number of aromatic amines is 1. The van der Waals surface area contributed by atoms with E-state index >= 15 is 0 Å². The summed E-state index contributed by atoms with van der Waals surface area (Å²) in [6.45, 7) is 1.97. The lowest BCUT2D eigenvalue weighted by Crippen LogP contribution is -1.92. The number of aryl methyl sites for hydroxylation is 1. The number of nitriles is 1.